The lowest BCUT2D eigenvalue weighted by Gasteiger charge is -2.08. The number of carbonyl (C=O) groups excluding carboxylic acids is 1. The fraction of sp³-hybridized carbons (Fsp3) is 0.167. The van der Waals surface area contributed by atoms with Crippen molar-refractivity contribution in [2.45, 2.75) is 11.5 Å². The monoisotopic (exact) mass is 453 g/mol. The highest BCUT2D eigenvalue weighted by Gasteiger charge is 2.22. The predicted molar refractivity (Wildman–Crippen MR) is 103 cm³/mol. The molecule has 142 valence electrons. The van der Waals surface area contributed by atoms with Gasteiger partial charge in [-0.25, -0.2) is 13.2 Å². The van der Waals surface area contributed by atoms with Crippen LogP contribution in [-0.2, 0) is 26.1 Å². The van der Waals surface area contributed by atoms with Gasteiger partial charge in [0, 0.05) is 22.7 Å². The molecule has 9 heteroatoms. The summed E-state index contributed by atoms with van der Waals surface area (Å²) < 4.78 is 43.9. The Morgan fingerprint density at radius 3 is 2.48 bits per heavy atom. The molecule has 0 aliphatic rings. The lowest BCUT2D eigenvalue weighted by atomic mass is 10.1. The topological polar surface area (TPSA) is 94.8 Å². The first-order chi connectivity index (χ1) is 12.9. The molecule has 0 spiro atoms. The van der Waals surface area contributed by atoms with Gasteiger partial charge in [0.1, 0.15) is 23.5 Å². The van der Waals surface area contributed by atoms with Gasteiger partial charge in [-0.05, 0) is 42.5 Å². The fourth-order valence-corrected chi connectivity index (χ4v) is 3.91. The largest absolute Gasteiger partial charge is 0.465 e. The number of hydrogen-bond donors (Lipinski definition) is 1. The zero-order valence-electron chi connectivity index (χ0n) is 14.5. The molecule has 0 amide bonds. The Kier molecular flexibility index (Phi) is 5.54. The van der Waals surface area contributed by atoms with Crippen LogP contribution >= 0.6 is 15.9 Å². The molecule has 27 heavy (non-hydrogen) atoms. The summed E-state index contributed by atoms with van der Waals surface area (Å²) in [5, 5.41) is 0.435. The summed E-state index contributed by atoms with van der Waals surface area (Å²) in [6, 6.07) is 10.9. The summed E-state index contributed by atoms with van der Waals surface area (Å²) in [6.07, 6.45) is 0. The second-order valence-corrected chi connectivity index (χ2v) is 8.19. The highest BCUT2D eigenvalue weighted by Crippen LogP contribution is 2.30. The number of ether oxygens (including phenoxy) is 2. The Hall–Kier alpha value is -2.36. The second kappa shape index (κ2) is 7.71. The van der Waals surface area contributed by atoms with Gasteiger partial charge in [0.25, 0.3) is 10.0 Å². The molecular weight excluding hydrogens is 438 g/mol. The van der Waals surface area contributed by atoms with E-state index in [0.717, 1.165) is 4.47 Å². The molecule has 1 N–H and O–H groups in total. The number of sulfonamides is 1. The van der Waals surface area contributed by atoms with E-state index in [0.29, 0.717) is 22.4 Å². The minimum atomic E-state index is -3.78. The van der Waals surface area contributed by atoms with E-state index in [1.165, 1.54) is 32.4 Å². The molecule has 3 rings (SSSR count). The lowest BCUT2D eigenvalue weighted by Crippen LogP contribution is -2.12. The molecular formula is C18H16BrNO6S. The van der Waals surface area contributed by atoms with Crippen molar-refractivity contribution in [3.63, 3.8) is 0 Å². The molecule has 0 aliphatic heterocycles. The van der Waals surface area contributed by atoms with E-state index in [1.807, 2.05) is 0 Å². The average molecular weight is 454 g/mol. The maximum atomic E-state index is 12.6. The SMILES string of the molecule is COCc1oc2ccc(NS(=O)(=O)c3ccc(Br)cc3)cc2c1C(=O)OC. The van der Waals surface area contributed by atoms with E-state index in [9.17, 15) is 13.2 Å². The number of benzene rings is 2. The van der Waals surface area contributed by atoms with Crippen molar-refractivity contribution in [1.29, 1.82) is 0 Å². The minimum Gasteiger partial charge on any atom is -0.465 e. The van der Waals surface area contributed by atoms with Gasteiger partial charge in [-0.3, -0.25) is 4.72 Å². The number of fused-ring (bicyclic) bond motifs is 1. The number of hydrogen-bond acceptors (Lipinski definition) is 6. The Morgan fingerprint density at radius 2 is 1.85 bits per heavy atom. The third-order valence-electron chi connectivity index (χ3n) is 3.80. The summed E-state index contributed by atoms with van der Waals surface area (Å²) >= 11 is 3.27. The van der Waals surface area contributed by atoms with E-state index >= 15 is 0 Å². The number of halogens is 1. The first-order valence-electron chi connectivity index (χ1n) is 7.77. The Labute approximate surface area is 164 Å². The summed E-state index contributed by atoms with van der Waals surface area (Å²) in [4.78, 5) is 12.3. The second-order valence-electron chi connectivity index (χ2n) is 5.60. The zero-order valence-corrected chi connectivity index (χ0v) is 16.9. The number of methoxy groups -OCH3 is 2. The fourth-order valence-electron chi connectivity index (χ4n) is 2.60. The van der Waals surface area contributed by atoms with Gasteiger partial charge in [0.15, 0.2) is 0 Å². The van der Waals surface area contributed by atoms with Crippen molar-refractivity contribution < 1.29 is 27.1 Å². The molecule has 0 saturated carbocycles. The summed E-state index contributed by atoms with van der Waals surface area (Å²) in [5.74, 6) is -0.277. The maximum absolute atomic E-state index is 12.6. The normalized spacial score (nSPS) is 11.5. The van der Waals surface area contributed by atoms with Gasteiger partial charge in [-0.2, -0.15) is 0 Å². The van der Waals surface area contributed by atoms with E-state index in [-0.39, 0.29) is 17.1 Å². The van der Waals surface area contributed by atoms with Gasteiger partial charge in [0.05, 0.1) is 12.0 Å². The number of carbonyl (C=O) groups is 1. The van der Waals surface area contributed by atoms with Crippen LogP contribution in [0.25, 0.3) is 11.0 Å². The molecule has 0 fully saturated rings. The number of esters is 1. The molecule has 1 heterocycles. The molecule has 0 radical (unpaired) electrons. The van der Waals surface area contributed by atoms with Crippen molar-refractivity contribution in [3.8, 4) is 0 Å². The quantitative estimate of drug-likeness (QED) is 0.568. The van der Waals surface area contributed by atoms with Gasteiger partial charge in [-0.15, -0.1) is 0 Å². The van der Waals surface area contributed by atoms with Crippen molar-refractivity contribution in [1.82, 2.24) is 0 Å². The average Bonchev–Trinajstić information content (AvgIpc) is 2.98. The molecule has 1 aromatic heterocycles. The van der Waals surface area contributed by atoms with E-state index in [2.05, 4.69) is 20.7 Å². The Balaban J connectivity index is 2.03. The van der Waals surface area contributed by atoms with Crippen LogP contribution in [0.4, 0.5) is 5.69 Å². The van der Waals surface area contributed by atoms with Gasteiger partial charge in [0.2, 0.25) is 0 Å². The van der Waals surface area contributed by atoms with Crippen molar-refractivity contribution in [2.24, 2.45) is 0 Å². The van der Waals surface area contributed by atoms with Crippen LogP contribution in [0, 0.1) is 0 Å². The van der Waals surface area contributed by atoms with Crippen LogP contribution in [0.1, 0.15) is 16.1 Å². The van der Waals surface area contributed by atoms with Crippen LogP contribution in [-0.4, -0.2) is 28.6 Å². The highest BCUT2D eigenvalue weighted by atomic mass is 79.9. The highest BCUT2D eigenvalue weighted by molar-refractivity contribution is 9.10. The summed E-state index contributed by atoms with van der Waals surface area (Å²) in [5.41, 5.74) is 0.924. The number of anilines is 1. The molecule has 0 bridgehead atoms. The minimum absolute atomic E-state index is 0.0824. The van der Waals surface area contributed by atoms with Crippen LogP contribution < -0.4 is 4.72 Å². The van der Waals surface area contributed by atoms with Crippen molar-refractivity contribution in [3.05, 3.63) is 58.3 Å². The summed E-state index contributed by atoms with van der Waals surface area (Å²) in [7, 11) is -1.04. The first-order valence-corrected chi connectivity index (χ1v) is 10.0. The van der Waals surface area contributed by atoms with E-state index < -0.39 is 16.0 Å². The van der Waals surface area contributed by atoms with Gasteiger partial charge in [-0.1, -0.05) is 15.9 Å². The smallest absolute Gasteiger partial charge is 0.342 e. The third kappa shape index (κ3) is 4.00. The predicted octanol–water partition coefficient (Wildman–Crippen LogP) is 3.93. The van der Waals surface area contributed by atoms with Crippen LogP contribution in [0.2, 0.25) is 0 Å². The van der Waals surface area contributed by atoms with Gasteiger partial charge < -0.3 is 13.9 Å². The molecule has 7 nitrogen and oxygen atoms in total. The Morgan fingerprint density at radius 1 is 1.15 bits per heavy atom. The summed E-state index contributed by atoms with van der Waals surface area (Å²) in [6.45, 7) is 0.0824. The molecule has 0 aliphatic carbocycles. The van der Waals surface area contributed by atoms with Crippen molar-refractivity contribution in [2.75, 3.05) is 18.9 Å². The van der Waals surface area contributed by atoms with Crippen LogP contribution in [0.15, 0.2) is 56.2 Å². The number of rotatable bonds is 6. The lowest BCUT2D eigenvalue weighted by molar-refractivity contribution is 0.0594. The van der Waals surface area contributed by atoms with Crippen molar-refractivity contribution >= 4 is 48.6 Å². The number of furan rings is 1. The first kappa shape index (κ1) is 19.4. The third-order valence-corrected chi connectivity index (χ3v) is 5.73. The zero-order chi connectivity index (χ0) is 19.6. The van der Waals surface area contributed by atoms with Crippen LogP contribution in [0.5, 0.6) is 0 Å². The Bertz CT molecular complexity index is 1090. The molecule has 0 atom stereocenters. The van der Waals surface area contributed by atoms with E-state index in [1.54, 1.807) is 24.3 Å². The van der Waals surface area contributed by atoms with Gasteiger partial charge >= 0.3 is 5.97 Å². The standard InChI is InChI=1S/C18H16BrNO6S/c1-24-10-16-17(18(21)25-2)14-9-12(5-8-15(14)26-16)20-27(22,23)13-6-3-11(19)4-7-13/h3-9,20H,10H2,1-2H3. The molecule has 2 aromatic carbocycles. The molecule has 0 unspecified atom stereocenters. The molecule has 3 aromatic rings. The maximum Gasteiger partial charge on any atom is 0.342 e. The number of nitrogens with one attached hydrogen (secondary N) is 1. The van der Waals surface area contributed by atoms with Crippen LogP contribution in [0.3, 0.4) is 0 Å². The van der Waals surface area contributed by atoms with E-state index in [4.69, 9.17) is 13.9 Å². The molecule has 0 saturated heterocycles.